The summed E-state index contributed by atoms with van der Waals surface area (Å²) < 4.78 is 12.9. The van der Waals surface area contributed by atoms with Crippen molar-refractivity contribution >= 4 is 22.5 Å². The van der Waals surface area contributed by atoms with Crippen molar-refractivity contribution in [3.05, 3.63) is 59.6 Å². The second-order valence-corrected chi connectivity index (χ2v) is 4.23. The lowest BCUT2D eigenvalue weighted by atomic mass is 10.1. The molecular formula is C14H8ClFN2. The summed E-state index contributed by atoms with van der Waals surface area (Å²) in [7, 11) is 0. The Bertz CT molecular complexity index is 711. The van der Waals surface area contributed by atoms with Gasteiger partial charge in [0.2, 0.25) is 0 Å². The van der Waals surface area contributed by atoms with E-state index in [2.05, 4.69) is 9.97 Å². The second kappa shape index (κ2) is 4.35. The minimum Gasteiger partial charge on any atom is -0.248 e. The maximum absolute atomic E-state index is 12.9. The molecule has 0 radical (unpaired) electrons. The fourth-order valence-electron chi connectivity index (χ4n) is 1.80. The molecule has 0 aliphatic carbocycles. The molecule has 0 saturated carbocycles. The number of benzene rings is 1. The molecule has 3 rings (SSSR count). The van der Waals surface area contributed by atoms with Crippen LogP contribution >= 0.6 is 11.6 Å². The summed E-state index contributed by atoms with van der Waals surface area (Å²) >= 11 is 5.98. The maximum atomic E-state index is 12.9. The van der Waals surface area contributed by atoms with Gasteiger partial charge in [-0.2, -0.15) is 0 Å². The van der Waals surface area contributed by atoms with E-state index in [0.717, 1.165) is 22.2 Å². The molecule has 2 aromatic heterocycles. The van der Waals surface area contributed by atoms with Gasteiger partial charge in [0.25, 0.3) is 0 Å². The summed E-state index contributed by atoms with van der Waals surface area (Å²) in [6, 6.07) is 11.8. The van der Waals surface area contributed by atoms with Gasteiger partial charge in [0, 0.05) is 17.1 Å². The van der Waals surface area contributed by atoms with Gasteiger partial charge in [-0.25, -0.2) is 14.4 Å². The van der Waals surface area contributed by atoms with Crippen molar-refractivity contribution in [2.45, 2.75) is 0 Å². The molecule has 2 heterocycles. The number of aromatic nitrogens is 2. The van der Waals surface area contributed by atoms with Crippen molar-refractivity contribution in [1.29, 1.82) is 0 Å². The van der Waals surface area contributed by atoms with E-state index in [0.29, 0.717) is 5.15 Å². The second-order valence-electron chi connectivity index (χ2n) is 3.87. The minimum atomic E-state index is -0.258. The summed E-state index contributed by atoms with van der Waals surface area (Å²) in [5, 5.41) is 1.25. The van der Waals surface area contributed by atoms with Gasteiger partial charge in [0.15, 0.2) is 0 Å². The molecule has 18 heavy (non-hydrogen) atoms. The highest BCUT2D eigenvalue weighted by Crippen LogP contribution is 2.24. The zero-order valence-electron chi connectivity index (χ0n) is 9.27. The third-order valence-corrected chi connectivity index (χ3v) is 3.01. The van der Waals surface area contributed by atoms with E-state index in [1.54, 1.807) is 24.4 Å². The van der Waals surface area contributed by atoms with Gasteiger partial charge >= 0.3 is 0 Å². The monoisotopic (exact) mass is 258 g/mol. The Kier molecular flexibility index (Phi) is 2.68. The first kappa shape index (κ1) is 11.1. The van der Waals surface area contributed by atoms with Crippen LogP contribution in [0.2, 0.25) is 5.15 Å². The molecule has 88 valence electrons. The van der Waals surface area contributed by atoms with Gasteiger partial charge in [-0.15, -0.1) is 0 Å². The third-order valence-electron chi connectivity index (χ3n) is 2.71. The van der Waals surface area contributed by atoms with Crippen molar-refractivity contribution in [1.82, 2.24) is 9.97 Å². The van der Waals surface area contributed by atoms with Gasteiger partial charge in [-0.3, -0.25) is 0 Å². The summed E-state index contributed by atoms with van der Waals surface area (Å²) in [5.74, 6) is -0.258. The topological polar surface area (TPSA) is 25.8 Å². The molecule has 0 atom stereocenters. The Labute approximate surface area is 108 Å². The average Bonchev–Trinajstić information content (AvgIpc) is 2.39. The predicted molar refractivity (Wildman–Crippen MR) is 69.9 cm³/mol. The van der Waals surface area contributed by atoms with E-state index in [9.17, 15) is 4.39 Å². The Balaban J connectivity index is 2.16. The summed E-state index contributed by atoms with van der Waals surface area (Å²) in [5.41, 5.74) is 2.42. The third kappa shape index (κ3) is 1.93. The number of hydrogen-bond donors (Lipinski definition) is 0. The number of halogens is 2. The van der Waals surface area contributed by atoms with Crippen LogP contribution in [0.15, 0.2) is 48.7 Å². The van der Waals surface area contributed by atoms with Crippen LogP contribution in [-0.2, 0) is 0 Å². The molecule has 0 bridgehead atoms. The standard InChI is InChI=1S/C14H8ClFN2/c15-14-11-5-6-12(18-13(11)7-8-17-14)9-1-3-10(16)4-2-9/h1-8H. The normalized spacial score (nSPS) is 10.8. The van der Waals surface area contributed by atoms with E-state index < -0.39 is 0 Å². The highest BCUT2D eigenvalue weighted by molar-refractivity contribution is 6.34. The SMILES string of the molecule is Fc1ccc(-c2ccc3c(Cl)nccc3n2)cc1. The van der Waals surface area contributed by atoms with Crippen molar-refractivity contribution < 1.29 is 4.39 Å². The summed E-state index contributed by atoms with van der Waals surface area (Å²) in [6.45, 7) is 0. The van der Waals surface area contributed by atoms with Crippen LogP contribution in [0.3, 0.4) is 0 Å². The van der Waals surface area contributed by atoms with E-state index in [1.807, 2.05) is 12.1 Å². The van der Waals surface area contributed by atoms with Gasteiger partial charge in [-0.1, -0.05) is 11.6 Å². The van der Waals surface area contributed by atoms with E-state index in [-0.39, 0.29) is 5.82 Å². The van der Waals surface area contributed by atoms with Crippen LogP contribution in [0.25, 0.3) is 22.2 Å². The highest BCUT2D eigenvalue weighted by Gasteiger charge is 2.04. The number of rotatable bonds is 1. The smallest absolute Gasteiger partial charge is 0.138 e. The molecule has 0 fully saturated rings. The Morgan fingerprint density at radius 2 is 1.72 bits per heavy atom. The molecule has 0 N–H and O–H groups in total. The van der Waals surface area contributed by atoms with Gasteiger partial charge < -0.3 is 0 Å². The van der Waals surface area contributed by atoms with Crippen LogP contribution in [0.5, 0.6) is 0 Å². The molecule has 0 spiro atoms. The summed E-state index contributed by atoms with van der Waals surface area (Å²) in [4.78, 5) is 8.49. The van der Waals surface area contributed by atoms with Crippen LogP contribution in [0.1, 0.15) is 0 Å². The zero-order chi connectivity index (χ0) is 12.5. The Morgan fingerprint density at radius 3 is 2.50 bits per heavy atom. The van der Waals surface area contributed by atoms with Crippen molar-refractivity contribution in [3.63, 3.8) is 0 Å². The molecule has 1 aromatic carbocycles. The average molecular weight is 259 g/mol. The molecule has 0 amide bonds. The molecule has 0 unspecified atom stereocenters. The Morgan fingerprint density at radius 1 is 0.944 bits per heavy atom. The van der Waals surface area contributed by atoms with Crippen LogP contribution in [0, 0.1) is 5.82 Å². The molecule has 2 nitrogen and oxygen atoms in total. The molecule has 0 aliphatic rings. The lowest BCUT2D eigenvalue weighted by Gasteiger charge is -2.03. The van der Waals surface area contributed by atoms with Crippen molar-refractivity contribution in [2.24, 2.45) is 0 Å². The van der Waals surface area contributed by atoms with Crippen molar-refractivity contribution in [3.8, 4) is 11.3 Å². The lowest BCUT2D eigenvalue weighted by molar-refractivity contribution is 0.628. The van der Waals surface area contributed by atoms with Gasteiger partial charge in [0.05, 0.1) is 11.2 Å². The van der Waals surface area contributed by atoms with E-state index in [4.69, 9.17) is 11.6 Å². The molecule has 0 saturated heterocycles. The quantitative estimate of drug-likeness (QED) is 0.615. The first-order valence-corrected chi connectivity index (χ1v) is 5.79. The predicted octanol–water partition coefficient (Wildman–Crippen LogP) is 4.09. The van der Waals surface area contributed by atoms with Crippen LogP contribution in [0.4, 0.5) is 4.39 Å². The lowest BCUT2D eigenvalue weighted by Crippen LogP contribution is -1.87. The van der Waals surface area contributed by atoms with Crippen molar-refractivity contribution in [2.75, 3.05) is 0 Å². The Hall–Kier alpha value is -2.00. The first-order valence-electron chi connectivity index (χ1n) is 5.41. The minimum absolute atomic E-state index is 0.258. The maximum Gasteiger partial charge on any atom is 0.138 e. The van der Waals surface area contributed by atoms with E-state index in [1.165, 1.54) is 12.1 Å². The first-order chi connectivity index (χ1) is 8.74. The zero-order valence-corrected chi connectivity index (χ0v) is 10.0. The summed E-state index contributed by atoms with van der Waals surface area (Å²) in [6.07, 6.45) is 1.62. The van der Waals surface area contributed by atoms with Gasteiger partial charge in [-0.05, 0) is 42.5 Å². The number of fused-ring (bicyclic) bond motifs is 1. The molecular weight excluding hydrogens is 251 g/mol. The van der Waals surface area contributed by atoms with Crippen LogP contribution in [-0.4, -0.2) is 9.97 Å². The fraction of sp³-hybridized carbons (Fsp3) is 0. The molecule has 3 aromatic rings. The van der Waals surface area contributed by atoms with Gasteiger partial charge in [0.1, 0.15) is 11.0 Å². The highest BCUT2D eigenvalue weighted by atomic mass is 35.5. The fourth-order valence-corrected chi connectivity index (χ4v) is 2.02. The number of nitrogens with zero attached hydrogens (tertiary/aromatic N) is 2. The largest absolute Gasteiger partial charge is 0.248 e. The number of hydrogen-bond acceptors (Lipinski definition) is 2. The molecule has 4 heteroatoms. The van der Waals surface area contributed by atoms with E-state index >= 15 is 0 Å². The van der Waals surface area contributed by atoms with Crippen LogP contribution < -0.4 is 0 Å². The number of pyridine rings is 2. The molecule has 0 aliphatic heterocycles.